The van der Waals surface area contributed by atoms with Gasteiger partial charge >= 0.3 is 0 Å². The number of Topliss-reactive ketones (excluding diaryl/α,β-unsaturated/α-hetero) is 1. The molecule has 0 aliphatic heterocycles. The second kappa shape index (κ2) is 9.08. The van der Waals surface area contributed by atoms with Gasteiger partial charge in [0.05, 0.1) is 10.9 Å². The highest BCUT2D eigenvalue weighted by molar-refractivity contribution is 7.89. The molecule has 0 radical (unpaired) electrons. The van der Waals surface area contributed by atoms with Crippen LogP contribution in [0.25, 0.3) is 10.9 Å². The smallest absolute Gasteiger partial charge is 0.238 e. The van der Waals surface area contributed by atoms with Gasteiger partial charge in [0.1, 0.15) is 0 Å². The van der Waals surface area contributed by atoms with E-state index in [0.717, 1.165) is 27.6 Å². The minimum atomic E-state index is -3.71. The van der Waals surface area contributed by atoms with Gasteiger partial charge in [-0.3, -0.25) is 4.79 Å². The summed E-state index contributed by atoms with van der Waals surface area (Å²) in [5.41, 5.74) is 4.56. The highest BCUT2D eigenvalue weighted by atomic mass is 32.2. The number of nitrogens with one attached hydrogen (secondary N) is 2. The Labute approximate surface area is 187 Å². The number of hydrogen-bond acceptors (Lipinski definition) is 4. The normalized spacial score (nSPS) is 12.7. The summed E-state index contributed by atoms with van der Waals surface area (Å²) in [6, 6.07) is 21.6. The number of aromatic amines is 1. The summed E-state index contributed by atoms with van der Waals surface area (Å²) < 4.78 is 22.9. The zero-order valence-electron chi connectivity index (χ0n) is 17.7. The molecular weight excluding hydrogens is 422 g/mol. The van der Waals surface area contributed by atoms with Crippen molar-refractivity contribution in [3.63, 3.8) is 0 Å². The lowest BCUT2D eigenvalue weighted by atomic mass is 9.96. The summed E-state index contributed by atoms with van der Waals surface area (Å²) in [7, 11) is -3.71. The number of aryl methyl sites for hydroxylation is 1. The predicted molar refractivity (Wildman–Crippen MR) is 126 cm³/mol. The van der Waals surface area contributed by atoms with Crippen LogP contribution in [0.15, 0.2) is 83.9 Å². The molecule has 0 bridgehead atoms. The lowest BCUT2D eigenvalue weighted by Gasteiger charge is -2.18. The number of para-hydroxylation sites is 1. The molecule has 4 rings (SSSR count). The molecule has 1 heterocycles. The predicted octanol–water partition coefficient (Wildman–Crippen LogP) is 3.88. The first-order valence-corrected chi connectivity index (χ1v) is 11.9. The fraction of sp³-hybridized carbons (Fsp3) is 0.160. The Morgan fingerprint density at radius 2 is 1.72 bits per heavy atom. The van der Waals surface area contributed by atoms with E-state index in [1.807, 2.05) is 55.5 Å². The van der Waals surface area contributed by atoms with E-state index < -0.39 is 16.1 Å². The minimum absolute atomic E-state index is 0.00220. The number of ketones is 1. The maximum Gasteiger partial charge on any atom is 0.238 e. The molecule has 32 heavy (non-hydrogen) atoms. The van der Waals surface area contributed by atoms with Crippen molar-refractivity contribution in [2.45, 2.75) is 24.3 Å². The third-order valence-electron chi connectivity index (χ3n) is 5.60. The summed E-state index contributed by atoms with van der Waals surface area (Å²) in [5, 5.41) is 9.46. The van der Waals surface area contributed by atoms with Crippen LogP contribution >= 0.6 is 0 Å². The highest BCUT2D eigenvalue weighted by Crippen LogP contribution is 2.26. The van der Waals surface area contributed by atoms with Crippen molar-refractivity contribution in [2.24, 2.45) is 5.14 Å². The van der Waals surface area contributed by atoms with Gasteiger partial charge in [-0.15, -0.1) is 0 Å². The fourth-order valence-electron chi connectivity index (χ4n) is 3.88. The molecule has 4 aromatic rings. The van der Waals surface area contributed by atoms with Crippen LogP contribution in [0.5, 0.6) is 0 Å². The SMILES string of the molecule is Cc1cccc2c(C(=O)[C@H](NCCc3ccc(S(N)(=O)=O)cc3)c3ccccc3)c[nH]c12. The Hall–Kier alpha value is -3.26. The topological polar surface area (TPSA) is 105 Å². The monoisotopic (exact) mass is 447 g/mol. The number of fused-ring (bicyclic) bond motifs is 1. The highest BCUT2D eigenvalue weighted by Gasteiger charge is 2.24. The van der Waals surface area contributed by atoms with Crippen molar-refractivity contribution in [1.29, 1.82) is 0 Å². The number of primary sulfonamides is 1. The van der Waals surface area contributed by atoms with Crippen molar-refractivity contribution in [3.05, 3.63) is 101 Å². The lowest BCUT2D eigenvalue weighted by Crippen LogP contribution is -2.30. The minimum Gasteiger partial charge on any atom is -0.360 e. The van der Waals surface area contributed by atoms with Crippen LogP contribution in [-0.2, 0) is 16.4 Å². The number of carbonyl (C=O) groups is 1. The molecule has 0 spiro atoms. The molecule has 0 saturated carbocycles. The van der Waals surface area contributed by atoms with E-state index in [9.17, 15) is 13.2 Å². The third kappa shape index (κ3) is 4.65. The number of hydrogen-bond donors (Lipinski definition) is 3. The molecule has 1 aromatic heterocycles. The number of aromatic nitrogens is 1. The first-order chi connectivity index (χ1) is 15.3. The van der Waals surface area contributed by atoms with Crippen molar-refractivity contribution in [2.75, 3.05) is 6.54 Å². The number of rotatable bonds is 8. The molecule has 3 aromatic carbocycles. The third-order valence-corrected chi connectivity index (χ3v) is 6.53. The molecule has 4 N–H and O–H groups in total. The van der Waals surface area contributed by atoms with Crippen molar-refractivity contribution < 1.29 is 13.2 Å². The second-order valence-corrected chi connectivity index (χ2v) is 9.36. The van der Waals surface area contributed by atoms with Crippen LogP contribution in [0.2, 0.25) is 0 Å². The summed E-state index contributed by atoms with van der Waals surface area (Å²) in [6.45, 7) is 2.56. The molecular formula is C25H25N3O3S. The van der Waals surface area contributed by atoms with Crippen molar-refractivity contribution in [3.8, 4) is 0 Å². The average Bonchev–Trinajstić information content (AvgIpc) is 3.22. The van der Waals surface area contributed by atoms with Crippen LogP contribution in [-0.4, -0.2) is 25.7 Å². The molecule has 0 saturated heterocycles. The van der Waals surface area contributed by atoms with E-state index in [-0.39, 0.29) is 10.7 Å². The summed E-state index contributed by atoms with van der Waals surface area (Å²) in [5.74, 6) is -0.00220. The van der Waals surface area contributed by atoms with Gasteiger partial charge in [0, 0.05) is 29.2 Å². The van der Waals surface area contributed by atoms with Gasteiger partial charge in [-0.25, -0.2) is 13.6 Å². The first-order valence-electron chi connectivity index (χ1n) is 10.4. The van der Waals surface area contributed by atoms with E-state index in [1.54, 1.807) is 18.3 Å². The average molecular weight is 448 g/mol. The molecule has 0 aliphatic carbocycles. The van der Waals surface area contributed by atoms with Crippen LogP contribution < -0.4 is 10.5 Å². The van der Waals surface area contributed by atoms with Gasteiger partial charge in [0.2, 0.25) is 10.0 Å². The Bertz CT molecular complexity index is 1340. The van der Waals surface area contributed by atoms with E-state index in [4.69, 9.17) is 5.14 Å². The summed E-state index contributed by atoms with van der Waals surface area (Å²) in [4.78, 5) is 16.9. The second-order valence-electron chi connectivity index (χ2n) is 7.80. The van der Waals surface area contributed by atoms with Gasteiger partial charge < -0.3 is 10.3 Å². The standard InChI is InChI=1S/C25H25N3O3S/c1-17-6-5-9-21-22(16-28-23(17)21)25(29)24(19-7-3-2-4-8-19)27-15-14-18-10-12-20(13-11-18)32(26,30)31/h2-13,16,24,27-28H,14-15H2,1H3,(H2,26,30,31)/t24-/m1/s1. The summed E-state index contributed by atoms with van der Waals surface area (Å²) >= 11 is 0. The van der Waals surface area contributed by atoms with Gasteiger partial charge in [-0.1, -0.05) is 60.7 Å². The Morgan fingerprint density at radius 3 is 2.41 bits per heavy atom. The number of H-pyrrole nitrogens is 1. The number of benzene rings is 3. The maximum atomic E-state index is 13.6. The molecule has 0 amide bonds. The Kier molecular flexibility index (Phi) is 6.23. The lowest BCUT2D eigenvalue weighted by molar-refractivity contribution is 0.0945. The van der Waals surface area contributed by atoms with Gasteiger partial charge in [0.25, 0.3) is 0 Å². The van der Waals surface area contributed by atoms with Crippen molar-refractivity contribution in [1.82, 2.24) is 10.3 Å². The number of nitrogens with two attached hydrogens (primary N) is 1. The molecule has 164 valence electrons. The van der Waals surface area contributed by atoms with Crippen LogP contribution in [0.4, 0.5) is 0 Å². The zero-order valence-corrected chi connectivity index (χ0v) is 18.5. The van der Waals surface area contributed by atoms with Gasteiger partial charge in [-0.05, 0) is 42.2 Å². The Balaban J connectivity index is 1.55. The largest absolute Gasteiger partial charge is 0.360 e. The van der Waals surface area contributed by atoms with Gasteiger partial charge in [0.15, 0.2) is 5.78 Å². The number of sulfonamides is 1. The van der Waals surface area contributed by atoms with Crippen LogP contribution in [0.1, 0.15) is 33.1 Å². The van der Waals surface area contributed by atoms with Gasteiger partial charge in [-0.2, -0.15) is 0 Å². The Morgan fingerprint density at radius 1 is 1.00 bits per heavy atom. The quantitative estimate of drug-likeness (QED) is 0.357. The maximum absolute atomic E-state index is 13.6. The zero-order chi connectivity index (χ0) is 22.7. The van der Waals surface area contributed by atoms with E-state index >= 15 is 0 Å². The molecule has 1 atom stereocenters. The molecule has 0 unspecified atom stereocenters. The number of carbonyl (C=O) groups excluding carboxylic acids is 1. The van der Waals surface area contributed by atoms with Crippen molar-refractivity contribution >= 4 is 26.7 Å². The van der Waals surface area contributed by atoms with E-state index in [2.05, 4.69) is 10.3 Å². The van der Waals surface area contributed by atoms with Crippen LogP contribution in [0.3, 0.4) is 0 Å². The molecule has 7 heteroatoms. The van der Waals surface area contributed by atoms with Crippen LogP contribution in [0, 0.1) is 6.92 Å². The first kappa shape index (κ1) is 22.0. The molecule has 0 aliphatic rings. The fourth-order valence-corrected chi connectivity index (χ4v) is 4.39. The molecule has 6 nitrogen and oxygen atoms in total. The van der Waals surface area contributed by atoms with E-state index in [0.29, 0.717) is 18.5 Å². The van der Waals surface area contributed by atoms with E-state index in [1.165, 1.54) is 12.1 Å². The molecule has 0 fully saturated rings. The summed E-state index contributed by atoms with van der Waals surface area (Å²) in [6.07, 6.45) is 2.41.